The van der Waals surface area contributed by atoms with E-state index < -0.39 is 10.0 Å². The number of hydrogen-bond donors (Lipinski definition) is 2. The zero-order valence-electron chi connectivity index (χ0n) is 14.3. The van der Waals surface area contributed by atoms with E-state index in [2.05, 4.69) is 20.6 Å². The van der Waals surface area contributed by atoms with Crippen LogP contribution >= 0.6 is 0 Å². The summed E-state index contributed by atoms with van der Waals surface area (Å²) in [7, 11) is -3.56. The third-order valence-electron chi connectivity index (χ3n) is 4.62. The number of nitrogens with zero attached hydrogens (tertiary/aromatic N) is 3. The standard InChI is InChI=1S/C18H21N5O2S/c24-26(25,12-14-4-2-1-3-5-14)23-11-8-16-17(20-13-21-18(16)23)22-15-6-9-19-10-7-15/h1-5,8,11,13,15,19H,6-7,9-10,12H2,(H,20,21,22). The molecule has 4 rings (SSSR count). The van der Waals surface area contributed by atoms with E-state index in [1.54, 1.807) is 12.3 Å². The maximum Gasteiger partial charge on any atom is 0.244 e. The van der Waals surface area contributed by atoms with Crippen LogP contribution in [0.1, 0.15) is 18.4 Å². The van der Waals surface area contributed by atoms with Gasteiger partial charge >= 0.3 is 0 Å². The lowest BCUT2D eigenvalue weighted by Gasteiger charge is -2.24. The Balaban J connectivity index is 1.65. The number of aromatic nitrogens is 3. The molecule has 136 valence electrons. The zero-order chi connectivity index (χ0) is 18.0. The Morgan fingerprint density at radius 1 is 1.12 bits per heavy atom. The van der Waals surface area contributed by atoms with Crippen LogP contribution in [0.2, 0.25) is 0 Å². The average Bonchev–Trinajstić information content (AvgIpc) is 3.09. The van der Waals surface area contributed by atoms with E-state index in [9.17, 15) is 8.42 Å². The summed E-state index contributed by atoms with van der Waals surface area (Å²) < 4.78 is 27.0. The summed E-state index contributed by atoms with van der Waals surface area (Å²) in [5, 5.41) is 7.49. The molecule has 8 heteroatoms. The van der Waals surface area contributed by atoms with Gasteiger partial charge in [-0.25, -0.2) is 22.4 Å². The molecule has 0 aliphatic carbocycles. The van der Waals surface area contributed by atoms with Gasteiger partial charge in [-0.15, -0.1) is 0 Å². The van der Waals surface area contributed by atoms with Crippen LogP contribution in [0.15, 0.2) is 48.9 Å². The van der Waals surface area contributed by atoms with E-state index in [0.29, 0.717) is 17.5 Å². The van der Waals surface area contributed by atoms with Crippen LogP contribution in [0.5, 0.6) is 0 Å². The molecule has 2 aromatic heterocycles. The highest BCUT2D eigenvalue weighted by Gasteiger charge is 2.20. The van der Waals surface area contributed by atoms with Crippen molar-refractivity contribution in [3.8, 4) is 0 Å². The van der Waals surface area contributed by atoms with Gasteiger partial charge in [0.25, 0.3) is 0 Å². The van der Waals surface area contributed by atoms with Crippen LogP contribution in [0, 0.1) is 0 Å². The molecule has 7 nitrogen and oxygen atoms in total. The number of rotatable bonds is 5. The Bertz CT molecular complexity index is 995. The van der Waals surface area contributed by atoms with Crippen molar-refractivity contribution in [2.75, 3.05) is 18.4 Å². The summed E-state index contributed by atoms with van der Waals surface area (Å²) in [4.78, 5) is 8.55. The number of hydrogen-bond acceptors (Lipinski definition) is 6. The van der Waals surface area contributed by atoms with Crippen molar-refractivity contribution >= 4 is 26.9 Å². The van der Waals surface area contributed by atoms with Crippen molar-refractivity contribution in [1.29, 1.82) is 0 Å². The first-order chi connectivity index (χ1) is 12.6. The average molecular weight is 371 g/mol. The highest BCUT2D eigenvalue weighted by molar-refractivity contribution is 7.89. The van der Waals surface area contributed by atoms with Gasteiger partial charge in [0.15, 0.2) is 5.65 Å². The first-order valence-corrected chi connectivity index (χ1v) is 10.3. The van der Waals surface area contributed by atoms with Gasteiger partial charge in [0.2, 0.25) is 10.0 Å². The SMILES string of the molecule is O=S(=O)(Cc1ccccc1)n1ccc2c(NC3CCNCC3)ncnc21. The van der Waals surface area contributed by atoms with Crippen LogP contribution in [-0.4, -0.2) is 41.5 Å². The summed E-state index contributed by atoms with van der Waals surface area (Å²) in [6.07, 6.45) is 5.00. The maximum atomic E-state index is 12.9. The first kappa shape index (κ1) is 17.0. The third-order valence-corrected chi connectivity index (χ3v) is 6.21. The molecular weight excluding hydrogens is 350 g/mol. The van der Waals surface area contributed by atoms with Crippen molar-refractivity contribution in [2.24, 2.45) is 0 Å². The van der Waals surface area contributed by atoms with Crippen molar-refractivity contribution in [3.63, 3.8) is 0 Å². The fourth-order valence-corrected chi connectivity index (χ4v) is 4.69. The lowest BCUT2D eigenvalue weighted by Crippen LogP contribution is -2.35. The molecule has 1 aliphatic rings. The number of fused-ring (bicyclic) bond motifs is 1. The van der Waals surface area contributed by atoms with Crippen LogP contribution in [0.3, 0.4) is 0 Å². The molecule has 0 amide bonds. The van der Waals surface area contributed by atoms with Crippen LogP contribution < -0.4 is 10.6 Å². The van der Waals surface area contributed by atoms with Gasteiger partial charge in [-0.2, -0.15) is 0 Å². The lowest BCUT2D eigenvalue weighted by atomic mass is 10.1. The largest absolute Gasteiger partial charge is 0.367 e. The monoisotopic (exact) mass is 371 g/mol. The van der Waals surface area contributed by atoms with Gasteiger partial charge in [-0.3, -0.25) is 0 Å². The Labute approximate surface area is 152 Å². The van der Waals surface area contributed by atoms with Gasteiger partial charge in [0, 0.05) is 12.2 Å². The summed E-state index contributed by atoms with van der Waals surface area (Å²) >= 11 is 0. The molecule has 0 spiro atoms. The number of benzene rings is 1. The van der Waals surface area contributed by atoms with Gasteiger partial charge in [-0.1, -0.05) is 30.3 Å². The quantitative estimate of drug-likeness (QED) is 0.713. The predicted octanol–water partition coefficient (Wildman–Crippen LogP) is 1.97. The van der Waals surface area contributed by atoms with Crippen molar-refractivity contribution < 1.29 is 8.42 Å². The van der Waals surface area contributed by atoms with E-state index in [4.69, 9.17) is 0 Å². The summed E-state index contributed by atoms with van der Waals surface area (Å²) in [6, 6.07) is 11.3. The predicted molar refractivity (Wildman–Crippen MR) is 102 cm³/mol. The molecule has 1 fully saturated rings. The Hall–Kier alpha value is -2.45. The van der Waals surface area contributed by atoms with Crippen molar-refractivity contribution in [1.82, 2.24) is 19.3 Å². The molecule has 3 aromatic rings. The Kier molecular flexibility index (Phi) is 4.60. The second kappa shape index (κ2) is 7.05. The zero-order valence-corrected chi connectivity index (χ0v) is 15.1. The Morgan fingerprint density at radius 3 is 2.65 bits per heavy atom. The number of piperidine rings is 1. The molecule has 0 saturated carbocycles. The fourth-order valence-electron chi connectivity index (χ4n) is 3.28. The second-order valence-corrected chi connectivity index (χ2v) is 8.33. The normalized spacial score (nSPS) is 16.0. The highest BCUT2D eigenvalue weighted by Crippen LogP contribution is 2.24. The van der Waals surface area contributed by atoms with Gasteiger partial charge in [-0.05, 0) is 37.6 Å². The minimum absolute atomic E-state index is 0.0708. The summed E-state index contributed by atoms with van der Waals surface area (Å²) in [5.74, 6) is 0.620. The highest BCUT2D eigenvalue weighted by atomic mass is 32.2. The molecule has 0 radical (unpaired) electrons. The molecule has 0 bridgehead atoms. The summed E-state index contributed by atoms with van der Waals surface area (Å²) in [6.45, 7) is 1.94. The number of anilines is 1. The van der Waals surface area contributed by atoms with Gasteiger partial charge in [0.1, 0.15) is 12.1 Å². The molecule has 26 heavy (non-hydrogen) atoms. The van der Waals surface area contributed by atoms with Gasteiger partial charge < -0.3 is 10.6 Å². The van der Waals surface area contributed by atoms with E-state index in [1.165, 1.54) is 10.3 Å². The lowest BCUT2D eigenvalue weighted by molar-refractivity contribution is 0.478. The molecule has 0 unspecified atom stereocenters. The maximum absolute atomic E-state index is 12.9. The van der Waals surface area contributed by atoms with Gasteiger partial charge in [0.05, 0.1) is 11.1 Å². The van der Waals surface area contributed by atoms with Crippen LogP contribution in [0.4, 0.5) is 5.82 Å². The fraction of sp³-hybridized carbons (Fsp3) is 0.333. The molecule has 0 atom stereocenters. The first-order valence-electron chi connectivity index (χ1n) is 8.70. The second-order valence-electron chi connectivity index (χ2n) is 6.48. The van der Waals surface area contributed by atoms with Crippen molar-refractivity contribution in [2.45, 2.75) is 24.6 Å². The molecular formula is C18H21N5O2S. The van der Waals surface area contributed by atoms with Crippen LogP contribution in [-0.2, 0) is 15.8 Å². The molecule has 1 aromatic carbocycles. The van der Waals surface area contributed by atoms with E-state index in [1.807, 2.05) is 30.3 Å². The van der Waals surface area contributed by atoms with Crippen LogP contribution in [0.25, 0.3) is 11.0 Å². The van der Waals surface area contributed by atoms with E-state index in [-0.39, 0.29) is 5.75 Å². The molecule has 1 aliphatic heterocycles. The Morgan fingerprint density at radius 2 is 1.88 bits per heavy atom. The van der Waals surface area contributed by atoms with Crippen molar-refractivity contribution in [3.05, 3.63) is 54.5 Å². The molecule has 2 N–H and O–H groups in total. The third kappa shape index (κ3) is 3.42. The van der Waals surface area contributed by atoms with E-state index in [0.717, 1.165) is 36.9 Å². The molecule has 1 saturated heterocycles. The summed E-state index contributed by atoms with van der Waals surface area (Å²) in [5.41, 5.74) is 1.16. The topological polar surface area (TPSA) is 88.9 Å². The number of nitrogens with one attached hydrogen (secondary N) is 2. The molecule has 3 heterocycles. The minimum Gasteiger partial charge on any atom is -0.367 e. The van der Waals surface area contributed by atoms with E-state index >= 15 is 0 Å². The smallest absolute Gasteiger partial charge is 0.244 e. The minimum atomic E-state index is -3.56.